The molecule has 0 bridgehead atoms. The first-order valence-corrected chi connectivity index (χ1v) is 12.4. The molecule has 0 spiro atoms. The van der Waals surface area contributed by atoms with Gasteiger partial charge in [0.1, 0.15) is 0 Å². The minimum Gasteiger partial charge on any atom is -0.381 e. The molecule has 0 N–H and O–H groups in total. The summed E-state index contributed by atoms with van der Waals surface area (Å²) in [7, 11) is 0. The van der Waals surface area contributed by atoms with Gasteiger partial charge in [0.05, 0.1) is 6.61 Å². The van der Waals surface area contributed by atoms with E-state index in [1.54, 1.807) is 0 Å². The van der Waals surface area contributed by atoms with Crippen molar-refractivity contribution >= 4 is 0 Å². The first kappa shape index (κ1) is 41.0. The molecule has 0 atom stereocenters. The molecular formula is C30H68O. The number of hydrogen-bond acceptors (Lipinski definition) is 1. The molecule has 0 aliphatic rings. The van der Waals surface area contributed by atoms with Gasteiger partial charge in [-0.05, 0) is 40.4 Å². The van der Waals surface area contributed by atoms with E-state index >= 15 is 0 Å². The summed E-state index contributed by atoms with van der Waals surface area (Å²) in [6.07, 6.45) is 4.33. The molecule has 1 nitrogen and oxygen atoms in total. The zero-order chi connectivity index (χ0) is 26.7. The van der Waals surface area contributed by atoms with Crippen LogP contribution in [-0.2, 0) is 4.74 Å². The first-order chi connectivity index (χ1) is 13.2. The highest BCUT2D eigenvalue weighted by atomic mass is 16.5. The molecular weight excluding hydrogens is 376 g/mol. The molecule has 0 radical (unpaired) electrons. The van der Waals surface area contributed by atoms with Crippen LogP contribution in [0.3, 0.4) is 0 Å². The van der Waals surface area contributed by atoms with Crippen LogP contribution < -0.4 is 0 Å². The molecule has 0 aliphatic carbocycles. The lowest BCUT2D eigenvalue weighted by molar-refractivity contribution is 0.0805. The maximum Gasteiger partial charge on any atom is 0.0514 e. The molecule has 0 aliphatic heterocycles. The predicted molar refractivity (Wildman–Crippen MR) is 150 cm³/mol. The van der Waals surface area contributed by atoms with Gasteiger partial charge in [-0.2, -0.15) is 0 Å². The zero-order valence-electron chi connectivity index (χ0n) is 26.0. The van der Waals surface area contributed by atoms with E-state index in [4.69, 9.17) is 4.74 Å². The van der Waals surface area contributed by atoms with Gasteiger partial charge in [-0.1, -0.05) is 137 Å². The average Bonchev–Trinajstić information content (AvgIpc) is 2.40. The lowest BCUT2D eigenvalue weighted by Crippen LogP contribution is -2.14. The normalized spacial score (nSPS) is 11.8. The van der Waals surface area contributed by atoms with E-state index in [9.17, 15) is 0 Å². The number of hydrogen-bond donors (Lipinski definition) is 0. The van der Waals surface area contributed by atoms with Crippen LogP contribution in [0, 0.1) is 27.1 Å². The SMILES string of the molecule is C=CCC(C)(C)C.CC(C)(C)C.CC(C)(C)C.CCC(C)(C)C.CCOCC(C)(C)C. The molecule has 0 aromatic carbocycles. The van der Waals surface area contributed by atoms with Gasteiger partial charge in [-0.3, -0.25) is 0 Å². The lowest BCUT2D eigenvalue weighted by Gasteiger charge is -2.16. The third kappa shape index (κ3) is 166. The summed E-state index contributed by atoms with van der Waals surface area (Å²) in [4.78, 5) is 0. The Balaban J connectivity index is -0.0000000920. The van der Waals surface area contributed by atoms with Crippen LogP contribution in [0.4, 0.5) is 0 Å². The Morgan fingerprint density at radius 2 is 0.806 bits per heavy atom. The van der Waals surface area contributed by atoms with Crippen molar-refractivity contribution in [3.05, 3.63) is 12.7 Å². The van der Waals surface area contributed by atoms with E-state index in [0.29, 0.717) is 27.1 Å². The van der Waals surface area contributed by atoms with E-state index in [-0.39, 0.29) is 0 Å². The van der Waals surface area contributed by atoms with Gasteiger partial charge in [0, 0.05) is 6.61 Å². The molecule has 0 fully saturated rings. The molecule has 31 heavy (non-hydrogen) atoms. The lowest BCUT2D eigenvalue weighted by atomic mass is 9.93. The fourth-order valence-electron chi connectivity index (χ4n) is 0.841. The number of ether oxygens (including phenoxy) is 1. The Hall–Kier alpha value is -0.300. The summed E-state index contributed by atoms with van der Waals surface area (Å²) in [5.41, 5.74) is 2.30. The molecule has 0 aromatic heterocycles. The highest BCUT2D eigenvalue weighted by Gasteiger charge is 2.08. The van der Waals surface area contributed by atoms with Gasteiger partial charge in [-0.25, -0.2) is 0 Å². The quantitative estimate of drug-likeness (QED) is 0.393. The topological polar surface area (TPSA) is 9.23 Å². The van der Waals surface area contributed by atoms with E-state index in [1.807, 2.05) is 13.0 Å². The maximum absolute atomic E-state index is 5.20. The molecule has 0 heterocycles. The van der Waals surface area contributed by atoms with Crippen molar-refractivity contribution in [3.8, 4) is 0 Å². The Kier molecular flexibility index (Phi) is 25.4. The van der Waals surface area contributed by atoms with Crippen LogP contribution in [0.1, 0.15) is 144 Å². The molecule has 0 saturated heterocycles. The summed E-state index contributed by atoms with van der Waals surface area (Å²) in [5, 5.41) is 0. The maximum atomic E-state index is 5.20. The predicted octanol–water partition coefficient (Wildman–Crippen LogP) is 11.2. The smallest absolute Gasteiger partial charge is 0.0514 e. The highest BCUT2D eigenvalue weighted by molar-refractivity contribution is 4.75. The fraction of sp³-hybridized carbons (Fsp3) is 0.933. The van der Waals surface area contributed by atoms with Gasteiger partial charge in [0.2, 0.25) is 0 Å². The van der Waals surface area contributed by atoms with Crippen LogP contribution in [0.15, 0.2) is 12.7 Å². The molecule has 1 heteroatoms. The van der Waals surface area contributed by atoms with Crippen LogP contribution in [-0.4, -0.2) is 13.2 Å². The Labute approximate surface area is 202 Å². The second-order valence-electron chi connectivity index (χ2n) is 15.2. The zero-order valence-corrected chi connectivity index (χ0v) is 26.0. The number of rotatable bonds is 3. The van der Waals surface area contributed by atoms with Gasteiger partial charge in [0.25, 0.3) is 0 Å². The fourth-order valence-corrected chi connectivity index (χ4v) is 0.841. The monoisotopic (exact) mass is 445 g/mol. The van der Waals surface area contributed by atoms with Gasteiger partial charge < -0.3 is 4.74 Å². The van der Waals surface area contributed by atoms with E-state index < -0.39 is 0 Å². The van der Waals surface area contributed by atoms with Gasteiger partial charge >= 0.3 is 0 Å². The highest BCUT2D eigenvalue weighted by Crippen LogP contribution is 2.17. The van der Waals surface area contributed by atoms with E-state index in [1.165, 1.54) is 6.42 Å². The van der Waals surface area contributed by atoms with Crippen molar-refractivity contribution in [1.82, 2.24) is 0 Å². The Morgan fingerprint density at radius 3 is 0.839 bits per heavy atom. The minimum absolute atomic E-state index is 0.329. The van der Waals surface area contributed by atoms with Crippen LogP contribution in [0.5, 0.6) is 0 Å². The summed E-state index contributed by atoms with van der Waals surface area (Å²) in [6.45, 7) is 46.9. The van der Waals surface area contributed by atoms with Crippen molar-refractivity contribution in [1.29, 1.82) is 0 Å². The molecule has 0 aromatic rings. The summed E-state index contributed by atoms with van der Waals surface area (Å²) >= 11 is 0. The van der Waals surface area contributed by atoms with Crippen molar-refractivity contribution in [2.24, 2.45) is 27.1 Å². The van der Waals surface area contributed by atoms with Crippen molar-refractivity contribution in [2.45, 2.75) is 144 Å². The second kappa shape index (κ2) is 19.2. The van der Waals surface area contributed by atoms with Crippen LogP contribution >= 0.6 is 0 Å². The largest absolute Gasteiger partial charge is 0.381 e. The molecule has 0 saturated carbocycles. The molecule has 0 rings (SSSR count). The number of allylic oxidation sites excluding steroid dienone is 1. The van der Waals surface area contributed by atoms with Crippen molar-refractivity contribution in [2.75, 3.05) is 13.2 Å². The van der Waals surface area contributed by atoms with E-state index in [2.05, 4.69) is 131 Å². The third-order valence-corrected chi connectivity index (χ3v) is 2.56. The summed E-state index contributed by atoms with van der Waals surface area (Å²) < 4.78 is 5.20. The van der Waals surface area contributed by atoms with Crippen LogP contribution in [0.25, 0.3) is 0 Å². The van der Waals surface area contributed by atoms with E-state index in [0.717, 1.165) is 19.6 Å². The average molecular weight is 445 g/mol. The van der Waals surface area contributed by atoms with Crippen molar-refractivity contribution < 1.29 is 4.74 Å². The molecule has 194 valence electrons. The van der Waals surface area contributed by atoms with Gasteiger partial charge in [-0.15, -0.1) is 6.58 Å². The van der Waals surface area contributed by atoms with Crippen molar-refractivity contribution in [3.63, 3.8) is 0 Å². The molecule has 0 unspecified atom stereocenters. The summed E-state index contributed by atoms with van der Waals surface area (Å²) in [5.74, 6) is 0. The van der Waals surface area contributed by atoms with Crippen LogP contribution in [0.2, 0.25) is 0 Å². The Bertz CT molecular complexity index is 332. The van der Waals surface area contributed by atoms with Gasteiger partial charge in [0.15, 0.2) is 0 Å². The molecule has 0 amide bonds. The first-order valence-electron chi connectivity index (χ1n) is 12.4. The minimum atomic E-state index is 0.329. The summed E-state index contributed by atoms with van der Waals surface area (Å²) in [6, 6.07) is 0. The Morgan fingerprint density at radius 1 is 0.548 bits per heavy atom. The third-order valence-electron chi connectivity index (χ3n) is 2.56. The standard InChI is InChI=1S/C7H16O.C7H14.C6H14.2C5H12/c1-5-8-6-7(2,3)4;1-5-6-7(2,3)4;1-5-6(2,3)4;2*1-5(2,3)4/h5-6H2,1-4H3;5H,1,6H2,2-4H3;5H2,1-4H3;2*1-4H3. The second-order valence-corrected chi connectivity index (χ2v) is 15.2.